The highest BCUT2D eigenvalue weighted by Gasteiger charge is 2.31. The maximum atomic E-state index is 11.4. The largest absolute Gasteiger partial charge is 0.480 e. The molecule has 2 rings (SSSR count). The van der Waals surface area contributed by atoms with Crippen molar-refractivity contribution in [3.63, 3.8) is 0 Å². The molecule has 0 amide bonds. The summed E-state index contributed by atoms with van der Waals surface area (Å²) in [6.07, 6.45) is 1.11. The van der Waals surface area contributed by atoms with Gasteiger partial charge in [0.15, 0.2) is 0 Å². The Morgan fingerprint density at radius 2 is 2.00 bits per heavy atom. The van der Waals surface area contributed by atoms with E-state index in [-0.39, 0.29) is 0 Å². The molecule has 0 unspecified atom stereocenters. The lowest BCUT2D eigenvalue weighted by atomic mass is 9.93. The number of hydrogen-bond acceptors (Lipinski definition) is 3. The molecule has 1 atom stereocenters. The van der Waals surface area contributed by atoms with Crippen molar-refractivity contribution >= 4 is 5.97 Å². The van der Waals surface area contributed by atoms with Crippen LogP contribution in [0.1, 0.15) is 31.4 Å². The fourth-order valence-corrected chi connectivity index (χ4v) is 2.47. The Balaban J connectivity index is 2.15. The summed E-state index contributed by atoms with van der Waals surface area (Å²) >= 11 is 0. The number of rotatable bonds is 4. The van der Waals surface area contributed by atoms with Gasteiger partial charge in [0.1, 0.15) is 6.04 Å². The smallest absolute Gasteiger partial charge is 0.321 e. The molecule has 0 aromatic heterocycles. The lowest BCUT2D eigenvalue weighted by Gasteiger charge is -2.35. The second-order valence-corrected chi connectivity index (χ2v) is 5.86. The van der Waals surface area contributed by atoms with Gasteiger partial charge in [-0.3, -0.25) is 9.69 Å². The van der Waals surface area contributed by atoms with Crippen LogP contribution < -0.4 is 0 Å². The summed E-state index contributed by atoms with van der Waals surface area (Å²) in [4.78, 5) is 13.3. The van der Waals surface area contributed by atoms with Crippen molar-refractivity contribution in [1.82, 2.24) is 4.90 Å². The Kier molecular flexibility index (Phi) is 3.92. The molecule has 19 heavy (non-hydrogen) atoms. The van der Waals surface area contributed by atoms with Crippen LogP contribution in [-0.4, -0.2) is 39.3 Å². The number of carboxylic acids is 1. The first-order valence-corrected chi connectivity index (χ1v) is 6.63. The molecule has 4 nitrogen and oxygen atoms in total. The number of benzene rings is 1. The summed E-state index contributed by atoms with van der Waals surface area (Å²) < 4.78 is 0. The predicted molar refractivity (Wildman–Crippen MR) is 72.9 cm³/mol. The van der Waals surface area contributed by atoms with E-state index in [4.69, 9.17) is 0 Å². The van der Waals surface area contributed by atoms with Gasteiger partial charge in [0, 0.05) is 13.1 Å². The molecule has 1 aromatic carbocycles. The van der Waals surface area contributed by atoms with Crippen LogP contribution in [0.15, 0.2) is 24.3 Å². The van der Waals surface area contributed by atoms with Crippen LogP contribution in [0.3, 0.4) is 0 Å². The van der Waals surface area contributed by atoms with E-state index in [1.54, 1.807) is 13.8 Å². The Hall–Kier alpha value is -1.39. The SMILES string of the molecule is CC(C)(O)CCN1Cc2ccccc2C[C@H]1C(=O)O. The molecular formula is C15H21NO3. The van der Waals surface area contributed by atoms with Crippen LogP contribution in [0.2, 0.25) is 0 Å². The summed E-state index contributed by atoms with van der Waals surface area (Å²) in [5.74, 6) is -0.787. The van der Waals surface area contributed by atoms with Crippen molar-refractivity contribution in [2.24, 2.45) is 0 Å². The number of aliphatic carboxylic acids is 1. The van der Waals surface area contributed by atoms with Gasteiger partial charge in [0.05, 0.1) is 5.60 Å². The highest BCUT2D eigenvalue weighted by molar-refractivity contribution is 5.74. The molecule has 0 radical (unpaired) electrons. The van der Waals surface area contributed by atoms with E-state index >= 15 is 0 Å². The third-order valence-corrected chi connectivity index (χ3v) is 3.64. The van der Waals surface area contributed by atoms with Gasteiger partial charge in [-0.25, -0.2) is 0 Å². The minimum atomic E-state index is -0.787. The summed E-state index contributed by atoms with van der Waals surface area (Å²) in [6.45, 7) is 4.74. The van der Waals surface area contributed by atoms with Crippen molar-refractivity contribution in [3.8, 4) is 0 Å². The molecule has 104 valence electrons. The van der Waals surface area contributed by atoms with Gasteiger partial charge in [0.25, 0.3) is 0 Å². The molecule has 0 spiro atoms. The van der Waals surface area contributed by atoms with Gasteiger partial charge < -0.3 is 10.2 Å². The first-order valence-electron chi connectivity index (χ1n) is 6.63. The highest BCUT2D eigenvalue weighted by atomic mass is 16.4. The molecule has 1 heterocycles. The molecule has 1 aliphatic rings. The van der Waals surface area contributed by atoms with Gasteiger partial charge in [-0.15, -0.1) is 0 Å². The third-order valence-electron chi connectivity index (χ3n) is 3.64. The maximum absolute atomic E-state index is 11.4. The van der Waals surface area contributed by atoms with Crippen molar-refractivity contribution in [2.45, 2.75) is 44.9 Å². The number of nitrogens with zero attached hydrogens (tertiary/aromatic N) is 1. The molecule has 0 fully saturated rings. The fourth-order valence-electron chi connectivity index (χ4n) is 2.47. The average Bonchev–Trinajstić information content (AvgIpc) is 2.34. The zero-order chi connectivity index (χ0) is 14.0. The Morgan fingerprint density at radius 1 is 1.37 bits per heavy atom. The lowest BCUT2D eigenvalue weighted by Crippen LogP contribution is -2.47. The number of aliphatic hydroxyl groups is 1. The van der Waals surface area contributed by atoms with Crippen LogP contribution in [-0.2, 0) is 17.8 Å². The monoisotopic (exact) mass is 263 g/mol. The first-order chi connectivity index (χ1) is 8.87. The third kappa shape index (κ3) is 3.55. The maximum Gasteiger partial charge on any atom is 0.321 e. The van der Waals surface area contributed by atoms with Crippen LogP contribution in [0, 0.1) is 0 Å². The van der Waals surface area contributed by atoms with Crippen molar-refractivity contribution in [3.05, 3.63) is 35.4 Å². The minimum Gasteiger partial charge on any atom is -0.480 e. The van der Waals surface area contributed by atoms with E-state index in [1.165, 1.54) is 5.56 Å². The summed E-state index contributed by atoms with van der Waals surface area (Å²) in [5.41, 5.74) is 1.55. The Bertz CT molecular complexity index is 465. The molecule has 0 saturated heterocycles. The van der Waals surface area contributed by atoms with E-state index < -0.39 is 17.6 Å². The quantitative estimate of drug-likeness (QED) is 0.867. The molecule has 1 aromatic rings. The van der Waals surface area contributed by atoms with Crippen molar-refractivity contribution < 1.29 is 15.0 Å². The van der Waals surface area contributed by atoms with E-state index in [0.717, 1.165) is 5.56 Å². The van der Waals surface area contributed by atoms with Crippen molar-refractivity contribution in [1.29, 1.82) is 0 Å². The average molecular weight is 263 g/mol. The van der Waals surface area contributed by atoms with Crippen molar-refractivity contribution in [2.75, 3.05) is 6.54 Å². The summed E-state index contributed by atoms with van der Waals surface area (Å²) in [7, 11) is 0. The van der Waals surface area contributed by atoms with Gasteiger partial charge in [0.2, 0.25) is 0 Å². The minimum absolute atomic E-state index is 0.489. The van der Waals surface area contributed by atoms with E-state index in [0.29, 0.717) is 25.9 Å². The summed E-state index contributed by atoms with van der Waals surface area (Å²) in [6, 6.07) is 7.48. The molecule has 0 bridgehead atoms. The normalized spacial score (nSPS) is 20.1. The predicted octanol–water partition coefficient (Wildman–Crippen LogP) is 1.66. The highest BCUT2D eigenvalue weighted by Crippen LogP contribution is 2.24. The van der Waals surface area contributed by atoms with Gasteiger partial charge in [-0.2, -0.15) is 0 Å². The second-order valence-electron chi connectivity index (χ2n) is 5.86. The topological polar surface area (TPSA) is 60.8 Å². The van der Waals surface area contributed by atoms with Gasteiger partial charge in [-0.1, -0.05) is 24.3 Å². The van der Waals surface area contributed by atoms with E-state index in [1.807, 2.05) is 29.2 Å². The molecule has 0 saturated carbocycles. The molecule has 2 N–H and O–H groups in total. The van der Waals surface area contributed by atoms with E-state index in [2.05, 4.69) is 0 Å². The zero-order valence-corrected chi connectivity index (χ0v) is 11.5. The van der Waals surface area contributed by atoms with Crippen LogP contribution in [0.4, 0.5) is 0 Å². The fraction of sp³-hybridized carbons (Fsp3) is 0.533. The zero-order valence-electron chi connectivity index (χ0n) is 11.5. The standard InChI is InChI=1S/C15H21NO3/c1-15(2,19)7-8-16-10-12-6-4-3-5-11(12)9-13(16)14(17)18/h3-6,13,19H,7-10H2,1-2H3,(H,17,18)/t13-/m0/s1. The van der Waals surface area contributed by atoms with Gasteiger partial charge in [-0.05, 0) is 37.8 Å². The first kappa shape index (κ1) is 14.0. The molecular weight excluding hydrogens is 242 g/mol. The Morgan fingerprint density at radius 3 is 2.58 bits per heavy atom. The number of fused-ring (bicyclic) bond motifs is 1. The molecule has 1 aliphatic heterocycles. The second kappa shape index (κ2) is 5.31. The van der Waals surface area contributed by atoms with Crippen LogP contribution in [0.25, 0.3) is 0 Å². The van der Waals surface area contributed by atoms with Crippen LogP contribution in [0.5, 0.6) is 0 Å². The Labute approximate surface area is 113 Å². The van der Waals surface area contributed by atoms with Crippen LogP contribution >= 0.6 is 0 Å². The molecule has 4 heteroatoms. The summed E-state index contributed by atoms with van der Waals surface area (Å²) in [5, 5.41) is 19.2. The molecule has 0 aliphatic carbocycles. The van der Waals surface area contributed by atoms with Gasteiger partial charge >= 0.3 is 5.97 Å². The van der Waals surface area contributed by atoms with E-state index in [9.17, 15) is 15.0 Å². The number of carbonyl (C=O) groups is 1. The number of hydrogen-bond donors (Lipinski definition) is 2. The lowest BCUT2D eigenvalue weighted by molar-refractivity contribution is -0.144. The number of carboxylic acid groups (broad SMARTS) is 1.